The van der Waals surface area contributed by atoms with Crippen molar-refractivity contribution in [3.8, 4) is 0 Å². The van der Waals surface area contributed by atoms with Crippen molar-refractivity contribution in [3.05, 3.63) is 35.1 Å². The molecule has 1 N–H and O–H groups in total. The predicted molar refractivity (Wildman–Crippen MR) is 60.8 cm³/mol. The average Bonchev–Trinajstić information content (AvgIpc) is 3.04. The Kier molecular flexibility index (Phi) is 3.61. The summed E-state index contributed by atoms with van der Waals surface area (Å²) >= 11 is 0. The number of hydrogen-bond donors (Lipinski definition) is 1. The van der Waals surface area contributed by atoms with Gasteiger partial charge in [-0.2, -0.15) is 13.2 Å². The third kappa shape index (κ3) is 2.83. The van der Waals surface area contributed by atoms with Gasteiger partial charge in [-0.15, -0.1) is 0 Å². The lowest BCUT2D eigenvalue weighted by atomic mass is 10.0. The molecule has 1 fully saturated rings. The molecule has 1 aromatic rings. The molecule has 0 heterocycles. The lowest BCUT2D eigenvalue weighted by Gasteiger charge is -2.13. The molecule has 0 aliphatic heterocycles. The second-order valence-corrected chi connectivity index (χ2v) is 4.64. The highest BCUT2D eigenvalue weighted by atomic mass is 19.4. The smallest absolute Gasteiger partial charge is 0.317 e. The van der Waals surface area contributed by atoms with Gasteiger partial charge in [0.05, 0.1) is 5.56 Å². The fourth-order valence-electron chi connectivity index (χ4n) is 2.28. The summed E-state index contributed by atoms with van der Waals surface area (Å²) in [4.78, 5) is 0. The minimum Gasteiger partial charge on any atom is -0.317 e. The fourth-order valence-corrected chi connectivity index (χ4v) is 2.28. The van der Waals surface area contributed by atoms with Gasteiger partial charge in [0.25, 0.3) is 0 Å². The summed E-state index contributed by atoms with van der Waals surface area (Å²) in [5, 5.41) is 3.12. The first kappa shape index (κ1) is 13.3. The van der Waals surface area contributed by atoms with Gasteiger partial charge in [-0.1, -0.05) is 13.0 Å². The fraction of sp³-hybridized carbons (Fsp3) is 0.538. The third-order valence-electron chi connectivity index (χ3n) is 3.30. The number of hydrogen-bond acceptors (Lipinski definition) is 1. The van der Waals surface area contributed by atoms with E-state index in [1.54, 1.807) is 0 Å². The summed E-state index contributed by atoms with van der Waals surface area (Å²) in [6, 6.07) is 2.97. The van der Waals surface area contributed by atoms with Crippen LogP contribution >= 0.6 is 0 Å². The van der Waals surface area contributed by atoms with Crippen molar-refractivity contribution in [2.75, 3.05) is 13.1 Å². The Hall–Kier alpha value is -1.10. The van der Waals surface area contributed by atoms with Gasteiger partial charge in [-0.05, 0) is 49.0 Å². The molecule has 1 saturated carbocycles. The van der Waals surface area contributed by atoms with Gasteiger partial charge in [0.2, 0.25) is 0 Å². The molecular formula is C13H15F4N. The van der Waals surface area contributed by atoms with Crippen molar-refractivity contribution in [1.29, 1.82) is 0 Å². The Morgan fingerprint density at radius 3 is 2.67 bits per heavy atom. The van der Waals surface area contributed by atoms with Crippen molar-refractivity contribution in [2.24, 2.45) is 5.92 Å². The summed E-state index contributed by atoms with van der Waals surface area (Å²) < 4.78 is 51.4. The van der Waals surface area contributed by atoms with E-state index in [0.29, 0.717) is 6.07 Å². The van der Waals surface area contributed by atoms with Crippen LogP contribution < -0.4 is 5.32 Å². The van der Waals surface area contributed by atoms with E-state index in [2.05, 4.69) is 5.32 Å². The van der Waals surface area contributed by atoms with Crippen LogP contribution in [0.2, 0.25) is 0 Å². The molecule has 1 aliphatic rings. The molecule has 0 radical (unpaired) electrons. The predicted octanol–water partition coefficient (Wildman–Crippen LogP) is 3.56. The molecule has 1 aliphatic carbocycles. The van der Waals surface area contributed by atoms with E-state index in [0.717, 1.165) is 25.6 Å². The number of alkyl halides is 3. The molecule has 2 unspecified atom stereocenters. The molecule has 1 nitrogen and oxygen atoms in total. The summed E-state index contributed by atoms with van der Waals surface area (Å²) in [6.07, 6.45) is -3.75. The van der Waals surface area contributed by atoms with Crippen LogP contribution in [0.15, 0.2) is 18.2 Å². The molecule has 5 heteroatoms. The van der Waals surface area contributed by atoms with Gasteiger partial charge in [-0.3, -0.25) is 0 Å². The van der Waals surface area contributed by atoms with E-state index in [1.807, 2.05) is 6.92 Å². The van der Waals surface area contributed by atoms with Crippen LogP contribution in [0, 0.1) is 11.7 Å². The van der Waals surface area contributed by atoms with Crippen molar-refractivity contribution in [1.82, 2.24) is 5.32 Å². The Balaban J connectivity index is 2.19. The first-order valence-corrected chi connectivity index (χ1v) is 6.00. The number of rotatable bonds is 4. The van der Waals surface area contributed by atoms with Crippen LogP contribution in [0.1, 0.15) is 30.4 Å². The zero-order valence-electron chi connectivity index (χ0n) is 10.0. The maximum Gasteiger partial charge on any atom is 0.416 e. The molecule has 100 valence electrons. The van der Waals surface area contributed by atoms with Crippen LogP contribution in [0.4, 0.5) is 17.6 Å². The van der Waals surface area contributed by atoms with E-state index in [1.165, 1.54) is 6.07 Å². The van der Waals surface area contributed by atoms with E-state index in [9.17, 15) is 17.6 Å². The third-order valence-corrected chi connectivity index (χ3v) is 3.30. The lowest BCUT2D eigenvalue weighted by Crippen LogP contribution is -2.16. The van der Waals surface area contributed by atoms with E-state index in [-0.39, 0.29) is 17.4 Å². The minimum atomic E-state index is -4.48. The summed E-state index contributed by atoms with van der Waals surface area (Å²) in [5.74, 6) is -0.701. The van der Waals surface area contributed by atoms with E-state index < -0.39 is 17.6 Å². The second kappa shape index (κ2) is 4.88. The van der Waals surface area contributed by atoms with E-state index in [4.69, 9.17) is 0 Å². The minimum absolute atomic E-state index is 0.0960. The molecular weight excluding hydrogens is 246 g/mol. The number of nitrogens with one attached hydrogen (secondary N) is 1. The standard InChI is InChI=1S/C13H15F4N/c1-2-18-7-8-5-11(8)10-4-3-9(14)6-12(10)13(15,16)17/h3-4,6,8,11,18H,2,5,7H2,1H3. The van der Waals surface area contributed by atoms with Gasteiger partial charge < -0.3 is 5.32 Å². The van der Waals surface area contributed by atoms with Gasteiger partial charge in [0.1, 0.15) is 5.82 Å². The van der Waals surface area contributed by atoms with Crippen LogP contribution in [0.5, 0.6) is 0 Å². The Labute approximate surface area is 103 Å². The van der Waals surface area contributed by atoms with Crippen LogP contribution in [0.25, 0.3) is 0 Å². The van der Waals surface area contributed by atoms with Crippen molar-refractivity contribution in [3.63, 3.8) is 0 Å². The summed E-state index contributed by atoms with van der Waals surface area (Å²) in [7, 11) is 0. The van der Waals surface area contributed by atoms with Gasteiger partial charge in [-0.25, -0.2) is 4.39 Å². The zero-order chi connectivity index (χ0) is 13.3. The Morgan fingerprint density at radius 2 is 2.06 bits per heavy atom. The van der Waals surface area contributed by atoms with Crippen LogP contribution in [0.3, 0.4) is 0 Å². The van der Waals surface area contributed by atoms with Crippen LogP contribution in [-0.4, -0.2) is 13.1 Å². The van der Waals surface area contributed by atoms with Gasteiger partial charge in [0, 0.05) is 0 Å². The first-order chi connectivity index (χ1) is 8.43. The highest BCUT2D eigenvalue weighted by Gasteiger charge is 2.43. The topological polar surface area (TPSA) is 12.0 Å². The SMILES string of the molecule is CCNCC1CC1c1ccc(F)cc1C(F)(F)F. The Bertz CT molecular complexity index is 427. The number of halogens is 4. The average molecular weight is 261 g/mol. The molecule has 0 saturated heterocycles. The largest absolute Gasteiger partial charge is 0.416 e. The molecule has 1 aromatic carbocycles. The van der Waals surface area contributed by atoms with Gasteiger partial charge >= 0.3 is 6.18 Å². The molecule has 0 amide bonds. The monoisotopic (exact) mass is 261 g/mol. The van der Waals surface area contributed by atoms with Gasteiger partial charge in [0.15, 0.2) is 0 Å². The maximum absolute atomic E-state index is 12.9. The Morgan fingerprint density at radius 1 is 1.33 bits per heavy atom. The summed E-state index contributed by atoms with van der Waals surface area (Å²) in [5.41, 5.74) is -0.599. The normalized spacial score (nSPS) is 23.2. The molecule has 2 rings (SSSR count). The molecule has 0 bridgehead atoms. The zero-order valence-corrected chi connectivity index (χ0v) is 10.0. The molecule has 2 atom stereocenters. The molecule has 0 aromatic heterocycles. The van der Waals surface area contributed by atoms with Crippen molar-refractivity contribution in [2.45, 2.75) is 25.4 Å². The lowest BCUT2D eigenvalue weighted by molar-refractivity contribution is -0.138. The quantitative estimate of drug-likeness (QED) is 0.817. The molecule has 0 spiro atoms. The maximum atomic E-state index is 12.9. The summed E-state index contributed by atoms with van der Waals surface area (Å²) in [6.45, 7) is 3.48. The highest BCUT2D eigenvalue weighted by Crippen LogP contribution is 2.50. The second-order valence-electron chi connectivity index (χ2n) is 4.64. The van der Waals surface area contributed by atoms with E-state index >= 15 is 0 Å². The van der Waals surface area contributed by atoms with Crippen molar-refractivity contribution < 1.29 is 17.6 Å². The van der Waals surface area contributed by atoms with Crippen LogP contribution in [-0.2, 0) is 6.18 Å². The first-order valence-electron chi connectivity index (χ1n) is 6.00. The molecule has 18 heavy (non-hydrogen) atoms. The number of benzene rings is 1. The highest BCUT2D eigenvalue weighted by molar-refractivity contribution is 5.37. The van der Waals surface area contributed by atoms with Crippen molar-refractivity contribution >= 4 is 0 Å².